The zero-order chi connectivity index (χ0) is 19.2. The van der Waals surface area contributed by atoms with E-state index in [1.807, 2.05) is 12.1 Å². The molecular weight excluding hydrogens is 373 g/mol. The highest BCUT2D eigenvalue weighted by Crippen LogP contribution is 2.21. The normalized spacial score (nSPS) is 11.1. The number of pyridine rings is 1. The van der Waals surface area contributed by atoms with Crippen LogP contribution in [0.3, 0.4) is 0 Å². The first kappa shape index (κ1) is 20.2. The Hall–Kier alpha value is -2.11. The highest BCUT2D eigenvalue weighted by Gasteiger charge is 2.35. The quantitative estimate of drug-likeness (QED) is 0.708. The van der Waals surface area contributed by atoms with E-state index < -0.39 is 5.41 Å². The molecule has 0 aliphatic rings. The third-order valence-corrected chi connectivity index (χ3v) is 4.59. The number of carbonyl (C=O) groups excluding carboxylic acids is 2. The van der Waals surface area contributed by atoms with E-state index in [0.29, 0.717) is 29.6 Å². The van der Waals surface area contributed by atoms with Crippen LogP contribution in [0.1, 0.15) is 25.0 Å². The van der Waals surface area contributed by atoms with Gasteiger partial charge in [-0.05, 0) is 49.6 Å². The predicted molar refractivity (Wildman–Crippen MR) is 103 cm³/mol. The summed E-state index contributed by atoms with van der Waals surface area (Å²) in [4.78, 5) is 28.8. The first-order chi connectivity index (χ1) is 12.3. The molecule has 138 valence electrons. The second-order valence-corrected chi connectivity index (χ2v) is 7.25. The molecular formula is C19H21Cl2N3O2. The lowest BCUT2D eigenvalue weighted by Crippen LogP contribution is -2.48. The van der Waals surface area contributed by atoms with Gasteiger partial charge in [-0.2, -0.15) is 0 Å². The average Bonchev–Trinajstić information content (AvgIpc) is 2.62. The molecule has 0 atom stereocenters. The van der Waals surface area contributed by atoms with Gasteiger partial charge in [0.2, 0.25) is 11.8 Å². The Morgan fingerprint density at radius 3 is 2.50 bits per heavy atom. The summed E-state index contributed by atoms with van der Waals surface area (Å²) in [5, 5.41) is 6.68. The van der Waals surface area contributed by atoms with Crippen molar-refractivity contribution < 1.29 is 9.59 Å². The van der Waals surface area contributed by atoms with Crippen LogP contribution >= 0.6 is 23.2 Å². The highest BCUT2D eigenvalue weighted by atomic mass is 35.5. The van der Waals surface area contributed by atoms with Crippen LogP contribution < -0.4 is 10.6 Å². The van der Waals surface area contributed by atoms with Crippen LogP contribution in [0, 0.1) is 5.41 Å². The molecule has 0 aliphatic heterocycles. The molecule has 0 saturated heterocycles. The lowest BCUT2D eigenvalue weighted by Gasteiger charge is -2.22. The van der Waals surface area contributed by atoms with Gasteiger partial charge in [0, 0.05) is 35.5 Å². The monoisotopic (exact) mass is 393 g/mol. The second kappa shape index (κ2) is 9.01. The van der Waals surface area contributed by atoms with Crippen molar-refractivity contribution in [1.29, 1.82) is 0 Å². The summed E-state index contributed by atoms with van der Waals surface area (Å²) in [5.41, 5.74) is 0.566. The van der Waals surface area contributed by atoms with E-state index in [9.17, 15) is 9.59 Å². The van der Waals surface area contributed by atoms with Crippen LogP contribution in [0.15, 0.2) is 42.7 Å². The number of nitrogens with one attached hydrogen (secondary N) is 2. The largest absolute Gasteiger partial charge is 0.355 e. The van der Waals surface area contributed by atoms with Gasteiger partial charge in [0.25, 0.3) is 0 Å². The maximum Gasteiger partial charge on any atom is 0.235 e. The summed E-state index contributed by atoms with van der Waals surface area (Å²) in [6.45, 7) is 3.88. The SMILES string of the molecule is CC(C)(C(=O)NCCc1ccc(Cl)cc1Cl)C(=O)NCc1cccnc1. The van der Waals surface area contributed by atoms with Gasteiger partial charge in [0.05, 0.1) is 0 Å². The standard InChI is InChI=1S/C19H21Cl2N3O2/c1-19(2,18(26)24-12-13-4-3-8-22-11-13)17(25)23-9-7-14-5-6-15(20)10-16(14)21/h3-6,8,10-11H,7,9,12H2,1-2H3,(H,23,25)(H,24,26). The van der Waals surface area contributed by atoms with E-state index in [0.717, 1.165) is 11.1 Å². The number of halogens is 2. The van der Waals surface area contributed by atoms with Gasteiger partial charge in [-0.1, -0.05) is 35.3 Å². The highest BCUT2D eigenvalue weighted by molar-refractivity contribution is 6.35. The van der Waals surface area contributed by atoms with E-state index in [2.05, 4.69) is 15.6 Å². The van der Waals surface area contributed by atoms with Gasteiger partial charge in [0.1, 0.15) is 5.41 Å². The zero-order valence-corrected chi connectivity index (χ0v) is 16.2. The molecule has 2 aromatic rings. The van der Waals surface area contributed by atoms with Crippen molar-refractivity contribution in [2.45, 2.75) is 26.8 Å². The zero-order valence-electron chi connectivity index (χ0n) is 14.7. The van der Waals surface area contributed by atoms with E-state index in [-0.39, 0.29) is 11.8 Å². The molecule has 7 heteroatoms. The smallest absolute Gasteiger partial charge is 0.235 e. The minimum atomic E-state index is -1.19. The Morgan fingerprint density at radius 1 is 1.12 bits per heavy atom. The number of hydrogen-bond acceptors (Lipinski definition) is 3. The molecule has 0 bridgehead atoms. The fourth-order valence-corrected chi connectivity index (χ4v) is 2.77. The molecule has 2 N–H and O–H groups in total. The molecule has 2 amide bonds. The van der Waals surface area contributed by atoms with Gasteiger partial charge in [-0.3, -0.25) is 14.6 Å². The lowest BCUT2D eigenvalue weighted by atomic mass is 9.91. The van der Waals surface area contributed by atoms with Crippen LogP contribution in [0.5, 0.6) is 0 Å². The summed E-state index contributed by atoms with van der Waals surface area (Å²) in [5.74, 6) is -0.686. The summed E-state index contributed by atoms with van der Waals surface area (Å²) < 4.78 is 0. The molecule has 5 nitrogen and oxygen atoms in total. The van der Waals surface area contributed by atoms with Crippen LogP contribution in [0.25, 0.3) is 0 Å². The maximum atomic E-state index is 12.4. The maximum absolute atomic E-state index is 12.4. The van der Waals surface area contributed by atoms with Crippen LogP contribution in [0.2, 0.25) is 10.0 Å². The number of carbonyl (C=O) groups is 2. The summed E-state index contributed by atoms with van der Waals surface area (Å²) >= 11 is 12.0. The van der Waals surface area contributed by atoms with Gasteiger partial charge in [-0.15, -0.1) is 0 Å². The first-order valence-electron chi connectivity index (χ1n) is 8.20. The van der Waals surface area contributed by atoms with Gasteiger partial charge in [-0.25, -0.2) is 0 Å². The molecule has 0 aliphatic carbocycles. The number of nitrogens with zero attached hydrogens (tertiary/aromatic N) is 1. The van der Waals surface area contributed by atoms with Crippen molar-refractivity contribution in [3.05, 3.63) is 63.9 Å². The molecule has 0 saturated carbocycles. The van der Waals surface area contributed by atoms with Crippen molar-refractivity contribution in [3.8, 4) is 0 Å². The Bertz CT molecular complexity index is 780. The molecule has 2 rings (SSSR count). The molecule has 0 spiro atoms. The minimum Gasteiger partial charge on any atom is -0.355 e. The Morgan fingerprint density at radius 2 is 1.85 bits per heavy atom. The van der Waals surface area contributed by atoms with Gasteiger partial charge < -0.3 is 10.6 Å². The first-order valence-corrected chi connectivity index (χ1v) is 8.95. The third kappa shape index (κ3) is 5.44. The number of hydrogen-bond donors (Lipinski definition) is 2. The van der Waals surface area contributed by atoms with Gasteiger partial charge in [0.15, 0.2) is 0 Å². The fraction of sp³-hybridized carbons (Fsp3) is 0.316. The molecule has 1 aromatic heterocycles. The van der Waals surface area contributed by atoms with Crippen molar-refractivity contribution in [1.82, 2.24) is 15.6 Å². The minimum absolute atomic E-state index is 0.323. The Kier molecular flexibility index (Phi) is 7.00. The van der Waals surface area contributed by atoms with Crippen molar-refractivity contribution in [3.63, 3.8) is 0 Å². The predicted octanol–water partition coefficient (Wildman–Crippen LogP) is 3.39. The summed E-state index contributed by atoms with van der Waals surface area (Å²) in [7, 11) is 0. The fourth-order valence-electron chi connectivity index (χ4n) is 2.27. The van der Waals surface area contributed by atoms with Crippen LogP contribution in [-0.2, 0) is 22.6 Å². The molecule has 1 heterocycles. The molecule has 0 radical (unpaired) electrons. The van der Waals surface area contributed by atoms with Crippen molar-refractivity contribution in [2.75, 3.05) is 6.54 Å². The van der Waals surface area contributed by atoms with E-state index >= 15 is 0 Å². The average molecular weight is 394 g/mol. The van der Waals surface area contributed by atoms with E-state index in [1.165, 1.54) is 0 Å². The van der Waals surface area contributed by atoms with E-state index in [1.54, 1.807) is 44.4 Å². The number of rotatable bonds is 7. The van der Waals surface area contributed by atoms with Crippen LogP contribution in [0.4, 0.5) is 0 Å². The number of benzene rings is 1. The van der Waals surface area contributed by atoms with Crippen molar-refractivity contribution >= 4 is 35.0 Å². The molecule has 0 fully saturated rings. The molecule has 1 aromatic carbocycles. The molecule has 26 heavy (non-hydrogen) atoms. The van der Waals surface area contributed by atoms with Crippen LogP contribution in [-0.4, -0.2) is 23.3 Å². The molecule has 0 unspecified atom stereocenters. The number of aromatic nitrogens is 1. The third-order valence-electron chi connectivity index (χ3n) is 4.01. The lowest BCUT2D eigenvalue weighted by molar-refractivity contribution is -0.141. The van der Waals surface area contributed by atoms with Gasteiger partial charge >= 0.3 is 0 Å². The number of amides is 2. The summed E-state index contributed by atoms with van der Waals surface area (Å²) in [6.07, 6.45) is 3.88. The Labute approximate surface area is 163 Å². The second-order valence-electron chi connectivity index (χ2n) is 6.41. The summed E-state index contributed by atoms with van der Waals surface area (Å²) in [6, 6.07) is 8.89. The Balaban J connectivity index is 1.85. The van der Waals surface area contributed by atoms with Crippen molar-refractivity contribution in [2.24, 2.45) is 5.41 Å². The van der Waals surface area contributed by atoms with E-state index in [4.69, 9.17) is 23.2 Å². The topological polar surface area (TPSA) is 71.1 Å².